The molecule has 5 heteroatoms. The van der Waals surface area contributed by atoms with Crippen LogP contribution in [0.3, 0.4) is 0 Å². The average molecular weight is 263 g/mol. The highest BCUT2D eigenvalue weighted by Crippen LogP contribution is 2.12. The van der Waals surface area contributed by atoms with Crippen LogP contribution in [-0.2, 0) is 16.1 Å². The van der Waals surface area contributed by atoms with Crippen LogP contribution >= 0.6 is 0 Å². The summed E-state index contributed by atoms with van der Waals surface area (Å²) in [5.74, 6) is 0.0999. The molecule has 1 aromatic heterocycles. The monoisotopic (exact) mass is 263 g/mol. The maximum Gasteiger partial charge on any atom is 0.239 e. The minimum absolute atomic E-state index is 0.0999. The lowest BCUT2D eigenvalue weighted by Crippen LogP contribution is -2.41. The second-order valence-electron chi connectivity index (χ2n) is 5.02. The van der Waals surface area contributed by atoms with Gasteiger partial charge < -0.3 is 15.0 Å². The predicted molar refractivity (Wildman–Crippen MR) is 72.7 cm³/mol. The number of nitrogens with zero attached hydrogens (tertiary/aromatic N) is 2. The maximum absolute atomic E-state index is 12.3. The minimum Gasteiger partial charge on any atom is -0.380 e. The quantitative estimate of drug-likeness (QED) is 0.870. The van der Waals surface area contributed by atoms with Gasteiger partial charge in [0.1, 0.15) is 0 Å². The topological polar surface area (TPSA) is 54.5 Å². The van der Waals surface area contributed by atoms with Crippen LogP contribution < -0.4 is 5.32 Å². The Morgan fingerprint density at radius 3 is 3.00 bits per heavy atom. The molecule has 1 aliphatic rings. The normalized spacial score (nSPS) is 22.5. The van der Waals surface area contributed by atoms with Crippen molar-refractivity contribution in [3.8, 4) is 0 Å². The van der Waals surface area contributed by atoms with E-state index in [-0.39, 0.29) is 18.1 Å². The van der Waals surface area contributed by atoms with Crippen molar-refractivity contribution in [1.29, 1.82) is 0 Å². The van der Waals surface area contributed by atoms with E-state index in [2.05, 4.69) is 10.3 Å². The molecule has 1 N–H and O–H groups in total. The number of hydrogen-bond donors (Lipinski definition) is 1. The summed E-state index contributed by atoms with van der Waals surface area (Å²) in [4.78, 5) is 18.4. The smallest absolute Gasteiger partial charge is 0.239 e. The fourth-order valence-corrected chi connectivity index (χ4v) is 2.35. The largest absolute Gasteiger partial charge is 0.380 e. The Hall–Kier alpha value is -1.46. The van der Waals surface area contributed by atoms with E-state index in [4.69, 9.17) is 4.74 Å². The fraction of sp³-hybridized carbons (Fsp3) is 0.571. The van der Waals surface area contributed by atoms with Crippen LogP contribution in [0.2, 0.25) is 0 Å². The van der Waals surface area contributed by atoms with E-state index >= 15 is 0 Å². The molecule has 19 heavy (non-hydrogen) atoms. The molecule has 1 fully saturated rings. The highest BCUT2D eigenvalue weighted by atomic mass is 16.5. The first-order chi connectivity index (χ1) is 9.10. The Bertz CT molecular complexity index is 450. The number of rotatable bonds is 4. The number of carbonyl (C=O) groups excluding carboxylic acids is 1. The molecule has 1 aromatic rings. The van der Waals surface area contributed by atoms with Gasteiger partial charge in [0.15, 0.2) is 0 Å². The van der Waals surface area contributed by atoms with E-state index in [1.54, 1.807) is 12.0 Å². The first-order valence-electron chi connectivity index (χ1n) is 6.54. The first-order valence-corrected chi connectivity index (χ1v) is 6.54. The summed E-state index contributed by atoms with van der Waals surface area (Å²) in [6.07, 6.45) is 0.875. The van der Waals surface area contributed by atoms with Crippen molar-refractivity contribution >= 4 is 5.91 Å². The molecule has 1 amide bonds. The summed E-state index contributed by atoms with van der Waals surface area (Å²) < 4.78 is 5.26. The van der Waals surface area contributed by atoms with Gasteiger partial charge >= 0.3 is 0 Å². The molecule has 0 aliphatic carbocycles. The molecule has 0 radical (unpaired) electrons. The van der Waals surface area contributed by atoms with Crippen LogP contribution in [0.25, 0.3) is 0 Å². The molecular formula is C14H21N3O2. The summed E-state index contributed by atoms with van der Waals surface area (Å²) in [7, 11) is 3.49. The van der Waals surface area contributed by atoms with E-state index < -0.39 is 0 Å². The summed E-state index contributed by atoms with van der Waals surface area (Å²) in [6, 6.07) is 5.72. The van der Waals surface area contributed by atoms with Crippen LogP contribution in [0, 0.1) is 6.92 Å². The first kappa shape index (κ1) is 14.0. The van der Waals surface area contributed by atoms with Crippen molar-refractivity contribution in [3.63, 3.8) is 0 Å². The van der Waals surface area contributed by atoms with Crippen molar-refractivity contribution < 1.29 is 9.53 Å². The second-order valence-corrected chi connectivity index (χ2v) is 5.02. The fourth-order valence-electron chi connectivity index (χ4n) is 2.35. The molecule has 2 heterocycles. The van der Waals surface area contributed by atoms with Gasteiger partial charge in [0.25, 0.3) is 0 Å². The number of carbonyl (C=O) groups is 1. The zero-order valence-corrected chi connectivity index (χ0v) is 11.7. The van der Waals surface area contributed by atoms with Gasteiger partial charge in [-0.1, -0.05) is 6.07 Å². The number of ether oxygens (including phenoxy) is 1. The van der Waals surface area contributed by atoms with E-state index in [0.29, 0.717) is 6.54 Å². The summed E-state index contributed by atoms with van der Waals surface area (Å²) in [6.45, 7) is 3.23. The van der Waals surface area contributed by atoms with Gasteiger partial charge in [-0.15, -0.1) is 0 Å². The molecule has 0 spiro atoms. The average Bonchev–Trinajstić information content (AvgIpc) is 2.86. The van der Waals surface area contributed by atoms with Crippen molar-refractivity contribution in [2.24, 2.45) is 0 Å². The van der Waals surface area contributed by atoms with E-state index in [1.165, 1.54) is 0 Å². The molecule has 0 saturated carbocycles. The number of nitrogens with one attached hydrogen (secondary N) is 1. The third kappa shape index (κ3) is 3.52. The molecule has 0 bridgehead atoms. The van der Waals surface area contributed by atoms with Crippen LogP contribution in [0.15, 0.2) is 18.2 Å². The van der Waals surface area contributed by atoms with E-state index in [9.17, 15) is 4.79 Å². The zero-order chi connectivity index (χ0) is 13.8. The van der Waals surface area contributed by atoms with Crippen LogP contribution in [0.1, 0.15) is 17.8 Å². The van der Waals surface area contributed by atoms with Gasteiger partial charge in [-0.05, 0) is 25.5 Å². The highest BCUT2D eigenvalue weighted by molar-refractivity contribution is 5.82. The molecule has 5 nitrogen and oxygen atoms in total. The molecule has 2 atom stereocenters. The van der Waals surface area contributed by atoms with Crippen molar-refractivity contribution in [3.05, 3.63) is 29.6 Å². The number of methoxy groups -OCH3 is 1. The van der Waals surface area contributed by atoms with Crippen molar-refractivity contribution in [1.82, 2.24) is 15.2 Å². The summed E-state index contributed by atoms with van der Waals surface area (Å²) in [5, 5.41) is 3.20. The predicted octanol–water partition coefficient (Wildman–Crippen LogP) is 0.725. The molecule has 1 saturated heterocycles. The zero-order valence-electron chi connectivity index (χ0n) is 11.7. The van der Waals surface area contributed by atoms with Crippen molar-refractivity contribution in [2.75, 3.05) is 20.7 Å². The Labute approximate surface area is 114 Å². The van der Waals surface area contributed by atoms with Crippen LogP contribution in [0.5, 0.6) is 0 Å². The maximum atomic E-state index is 12.3. The van der Waals surface area contributed by atoms with Gasteiger partial charge in [-0.25, -0.2) is 0 Å². The lowest BCUT2D eigenvalue weighted by Gasteiger charge is -2.21. The molecule has 2 rings (SSSR count). The second kappa shape index (κ2) is 6.12. The molecule has 0 aromatic carbocycles. The molecule has 1 aliphatic heterocycles. The number of hydrogen-bond acceptors (Lipinski definition) is 4. The Morgan fingerprint density at radius 2 is 2.37 bits per heavy atom. The standard InChI is InChI=1S/C14H21N3O2/c1-10-5-4-6-11(16-10)9-17(2)14(18)13-7-12(19-3)8-15-13/h4-6,12-13,15H,7-9H2,1-3H3. The van der Waals surface area contributed by atoms with E-state index in [0.717, 1.165) is 24.4 Å². The number of aryl methyl sites for hydroxylation is 1. The van der Waals surface area contributed by atoms with Crippen molar-refractivity contribution in [2.45, 2.75) is 32.0 Å². The highest BCUT2D eigenvalue weighted by Gasteiger charge is 2.31. The molecular weight excluding hydrogens is 242 g/mol. The van der Waals surface area contributed by atoms with Crippen LogP contribution in [-0.4, -0.2) is 48.6 Å². The summed E-state index contributed by atoms with van der Waals surface area (Å²) >= 11 is 0. The Kier molecular flexibility index (Phi) is 4.50. The van der Waals surface area contributed by atoms with Gasteiger partial charge in [-0.3, -0.25) is 9.78 Å². The van der Waals surface area contributed by atoms with Gasteiger partial charge in [0.05, 0.1) is 24.4 Å². The summed E-state index contributed by atoms with van der Waals surface area (Å²) in [5.41, 5.74) is 1.88. The Morgan fingerprint density at radius 1 is 1.58 bits per heavy atom. The lowest BCUT2D eigenvalue weighted by molar-refractivity contribution is -0.132. The molecule has 2 unspecified atom stereocenters. The third-order valence-corrected chi connectivity index (χ3v) is 3.44. The minimum atomic E-state index is -0.139. The van der Waals surface area contributed by atoms with Gasteiger partial charge in [0, 0.05) is 26.4 Å². The number of amides is 1. The van der Waals surface area contributed by atoms with Gasteiger partial charge in [0.2, 0.25) is 5.91 Å². The Balaban J connectivity index is 1.93. The number of aromatic nitrogens is 1. The number of likely N-dealkylation sites (N-methyl/N-ethyl adjacent to an activating group) is 1. The van der Waals surface area contributed by atoms with E-state index in [1.807, 2.05) is 32.2 Å². The SMILES string of the molecule is COC1CNC(C(=O)N(C)Cc2cccc(C)n2)C1. The molecule has 104 valence electrons. The van der Waals surface area contributed by atoms with Crippen LogP contribution in [0.4, 0.5) is 0 Å². The van der Waals surface area contributed by atoms with Gasteiger partial charge in [-0.2, -0.15) is 0 Å². The number of pyridine rings is 1. The third-order valence-electron chi connectivity index (χ3n) is 3.44. The lowest BCUT2D eigenvalue weighted by atomic mass is 10.2.